The van der Waals surface area contributed by atoms with Crippen molar-refractivity contribution >= 4 is 17.4 Å². The number of nitrogens with zero attached hydrogens (tertiary/aromatic N) is 1. The van der Waals surface area contributed by atoms with Crippen molar-refractivity contribution in [2.75, 3.05) is 11.4 Å². The molecule has 1 aromatic rings. The van der Waals surface area contributed by atoms with Gasteiger partial charge < -0.3 is 4.90 Å². The molecule has 0 saturated carbocycles. The number of piperidine rings is 1. The van der Waals surface area contributed by atoms with Crippen molar-refractivity contribution in [3.8, 4) is 0 Å². The second-order valence-corrected chi connectivity index (χ2v) is 5.08. The lowest BCUT2D eigenvalue weighted by Gasteiger charge is -2.32. The van der Waals surface area contributed by atoms with Crippen LogP contribution in [0.4, 0.5) is 5.69 Å². The lowest BCUT2D eigenvalue weighted by Crippen LogP contribution is -2.45. The van der Waals surface area contributed by atoms with Gasteiger partial charge in [0.25, 0.3) is 0 Å². The summed E-state index contributed by atoms with van der Waals surface area (Å²) >= 11 is 0. The first-order valence-corrected chi connectivity index (χ1v) is 6.51. The Balaban J connectivity index is 2.20. The molecule has 3 nitrogen and oxygen atoms in total. The maximum atomic E-state index is 12.4. The van der Waals surface area contributed by atoms with Gasteiger partial charge in [-0.25, -0.2) is 0 Å². The smallest absolute Gasteiger partial charge is 0.237 e. The van der Waals surface area contributed by atoms with Crippen LogP contribution in [0.15, 0.2) is 30.3 Å². The van der Waals surface area contributed by atoms with Crippen molar-refractivity contribution in [2.24, 2.45) is 11.8 Å². The van der Waals surface area contributed by atoms with Gasteiger partial charge in [0, 0.05) is 18.2 Å². The number of benzene rings is 1. The summed E-state index contributed by atoms with van der Waals surface area (Å²) in [5.74, 6) is -0.486. The standard InChI is InChI=1S/C15H19NO2/c1-11(2)14(17)13-9-6-10-16(15(13)18)12-7-4-3-5-8-12/h3-5,7-8,11,13H,6,9-10H2,1-2H3/t13-/m0/s1. The van der Waals surface area contributed by atoms with Gasteiger partial charge in [-0.2, -0.15) is 0 Å². The first kappa shape index (κ1) is 12.8. The molecule has 0 bridgehead atoms. The number of carbonyl (C=O) groups excluding carboxylic acids is 2. The van der Waals surface area contributed by atoms with Crippen molar-refractivity contribution in [3.05, 3.63) is 30.3 Å². The van der Waals surface area contributed by atoms with Crippen LogP contribution >= 0.6 is 0 Å². The fraction of sp³-hybridized carbons (Fsp3) is 0.467. The van der Waals surface area contributed by atoms with E-state index in [1.807, 2.05) is 44.2 Å². The number of hydrogen-bond acceptors (Lipinski definition) is 2. The second kappa shape index (κ2) is 5.34. The summed E-state index contributed by atoms with van der Waals surface area (Å²) in [4.78, 5) is 26.2. The number of para-hydroxylation sites is 1. The predicted molar refractivity (Wildman–Crippen MR) is 71.4 cm³/mol. The minimum absolute atomic E-state index is 0.0360. The van der Waals surface area contributed by atoms with Gasteiger partial charge >= 0.3 is 0 Å². The van der Waals surface area contributed by atoms with Crippen LogP contribution in [-0.2, 0) is 9.59 Å². The monoisotopic (exact) mass is 245 g/mol. The average molecular weight is 245 g/mol. The Morgan fingerprint density at radius 3 is 2.56 bits per heavy atom. The lowest BCUT2D eigenvalue weighted by molar-refractivity contribution is -0.135. The largest absolute Gasteiger partial charge is 0.312 e. The van der Waals surface area contributed by atoms with Crippen molar-refractivity contribution in [1.29, 1.82) is 0 Å². The van der Waals surface area contributed by atoms with E-state index in [0.29, 0.717) is 13.0 Å². The molecule has 1 heterocycles. The summed E-state index contributed by atoms with van der Waals surface area (Å²) in [5, 5.41) is 0. The minimum atomic E-state index is -0.445. The zero-order chi connectivity index (χ0) is 13.1. The molecule has 18 heavy (non-hydrogen) atoms. The van der Waals surface area contributed by atoms with E-state index in [-0.39, 0.29) is 17.6 Å². The molecule has 0 aromatic heterocycles. The highest BCUT2D eigenvalue weighted by Gasteiger charge is 2.35. The Labute approximate surface area is 108 Å². The molecular formula is C15H19NO2. The zero-order valence-electron chi connectivity index (χ0n) is 10.9. The van der Waals surface area contributed by atoms with Gasteiger partial charge in [-0.3, -0.25) is 9.59 Å². The highest BCUT2D eigenvalue weighted by atomic mass is 16.2. The number of hydrogen-bond donors (Lipinski definition) is 0. The summed E-state index contributed by atoms with van der Waals surface area (Å²) in [7, 11) is 0. The quantitative estimate of drug-likeness (QED) is 0.768. The Hall–Kier alpha value is -1.64. The number of rotatable bonds is 3. The topological polar surface area (TPSA) is 37.4 Å². The van der Waals surface area contributed by atoms with Gasteiger partial charge in [0.2, 0.25) is 5.91 Å². The van der Waals surface area contributed by atoms with Crippen LogP contribution in [0.5, 0.6) is 0 Å². The molecule has 0 spiro atoms. The Kier molecular flexibility index (Phi) is 3.80. The van der Waals surface area contributed by atoms with Gasteiger partial charge in [-0.15, -0.1) is 0 Å². The fourth-order valence-corrected chi connectivity index (χ4v) is 2.41. The molecular weight excluding hydrogens is 226 g/mol. The Morgan fingerprint density at radius 2 is 1.94 bits per heavy atom. The van der Waals surface area contributed by atoms with E-state index in [9.17, 15) is 9.59 Å². The van der Waals surface area contributed by atoms with Crippen LogP contribution < -0.4 is 4.90 Å². The molecule has 1 aromatic carbocycles. The van der Waals surface area contributed by atoms with Crippen LogP contribution in [0.2, 0.25) is 0 Å². The molecule has 3 heteroatoms. The SMILES string of the molecule is CC(C)C(=O)[C@@H]1CCCN(c2ccccc2)C1=O. The molecule has 1 aliphatic heterocycles. The van der Waals surface area contributed by atoms with Crippen LogP contribution in [0, 0.1) is 11.8 Å². The van der Waals surface area contributed by atoms with E-state index < -0.39 is 5.92 Å². The van der Waals surface area contributed by atoms with Crippen molar-refractivity contribution in [2.45, 2.75) is 26.7 Å². The molecule has 0 N–H and O–H groups in total. The highest BCUT2D eigenvalue weighted by Crippen LogP contribution is 2.26. The molecule has 96 valence electrons. The molecule has 1 saturated heterocycles. The van der Waals surface area contributed by atoms with E-state index in [2.05, 4.69) is 0 Å². The van der Waals surface area contributed by atoms with Crippen molar-refractivity contribution in [1.82, 2.24) is 0 Å². The van der Waals surface area contributed by atoms with Crippen LogP contribution in [0.3, 0.4) is 0 Å². The third kappa shape index (κ3) is 2.45. The third-order valence-corrected chi connectivity index (χ3v) is 3.42. The van der Waals surface area contributed by atoms with Gasteiger partial charge in [0.15, 0.2) is 0 Å². The number of anilines is 1. The Bertz CT molecular complexity index is 439. The molecule has 2 rings (SSSR count). The van der Waals surface area contributed by atoms with E-state index in [1.165, 1.54) is 0 Å². The lowest BCUT2D eigenvalue weighted by atomic mass is 9.87. The van der Waals surface area contributed by atoms with Crippen molar-refractivity contribution < 1.29 is 9.59 Å². The molecule has 1 aliphatic rings. The molecule has 1 amide bonds. The van der Waals surface area contributed by atoms with E-state index >= 15 is 0 Å². The first-order chi connectivity index (χ1) is 8.61. The number of amides is 1. The molecule has 0 radical (unpaired) electrons. The maximum Gasteiger partial charge on any atom is 0.237 e. The van der Waals surface area contributed by atoms with E-state index in [4.69, 9.17) is 0 Å². The third-order valence-electron chi connectivity index (χ3n) is 3.42. The van der Waals surface area contributed by atoms with Crippen LogP contribution in [-0.4, -0.2) is 18.2 Å². The van der Waals surface area contributed by atoms with Gasteiger partial charge in [0.05, 0.1) is 5.92 Å². The summed E-state index contributed by atoms with van der Waals surface area (Å²) in [6.45, 7) is 4.43. The second-order valence-electron chi connectivity index (χ2n) is 5.08. The zero-order valence-corrected chi connectivity index (χ0v) is 10.9. The maximum absolute atomic E-state index is 12.4. The van der Waals surface area contributed by atoms with Gasteiger partial charge in [-0.05, 0) is 25.0 Å². The number of Topliss-reactive ketones (excluding diaryl/α,β-unsaturated/α-hetero) is 1. The number of carbonyl (C=O) groups is 2. The normalized spacial score (nSPS) is 20.3. The number of ketones is 1. The Morgan fingerprint density at radius 1 is 1.28 bits per heavy atom. The summed E-state index contributed by atoms with van der Waals surface area (Å²) in [5.41, 5.74) is 0.892. The highest BCUT2D eigenvalue weighted by molar-refractivity contribution is 6.09. The summed E-state index contributed by atoms with van der Waals surface area (Å²) in [6, 6.07) is 9.59. The molecule has 0 aliphatic carbocycles. The average Bonchev–Trinajstić information content (AvgIpc) is 2.39. The van der Waals surface area contributed by atoms with Gasteiger partial charge in [-0.1, -0.05) is 32.0 Å². The fourth-order valence-electron chi connectivity index (χ4n) is 2.41. The summed E-state index contributed by atoms with van der Waals surface area (Å²) in [6.07, 6.45) is 1.59. The summed E-state index contributed by atoms with van der Waals surface area (Å²) < 4.78 is 0. The van der Waals surface area contributed by atoms with E-state index in [1.54, 1.807) is 4.90 Å². The van der Waals surface area contributed by atoms with Gasteiger partial charge in [0.1, 0.15) is 5.78 Å². The van der Waals surface area contributed by atoms with Crippen molar-refractivity contribution in [3.63, 3.8) is 0 Å². The predicted octanol–water partition coefficient (Wildman–Crippen LogP) is 2.65. The molecule has 1 atom stereocenters. The molecule has 0 unspecified atom stereocenters. The first-order valence-electron chi connectivity index (χ1n) is 6.51. The van der Waals surface area contributed by atoms with Crippen LogP contribution in [0.1, 0.15) is 26.7 Å². The van der Waals surface area contributed by atoms with E-state index in [0.717, 1.165) is 12.1 Å². The van der Waals surface area contributed by atoms with Crippen LogP contribution in [0.25, 0.3) is 0 Å². The molecule has 1 fully saturated rings. The minimum Gasteiger partial charge on any atom is -0.312 e.